The fraction of sp³-hybridized carbons (Fsp3) is 0.0909. The van der Waals surface area contributed by atoms with E-state index < -0.39 is 52.5 Å². The molecule has 0 bridgehead atoms. The van der Waals surface area contributed by atoms with Gasteiger partial charge in [-0.1, -0.05) is 18.2 Å². The normalized spacial score (nSPS) is 13.2. The predicted octanol–water partition coefficient (Wildman–Crippen LogP) is 2.05. The van der Waals surface area contributed by atoms with Crippen molar-refractivity contribution >= 4 is 22.8 Å². The Kier molecular flexibility index (Phi) is 4.18. The van der Waals surface area contributed by atoms with Crippen LogP contribution in [0.5, 0.6) is 28.7 Å². The van der Waals surface area contributed by atoms with Crippen LogP contribution in [0.2, 0.25) is 0 Å². The largest absolute Gasteiger partial charge is 0.505 e. The summed E-state index contributed by atoms with van der Waals surface area (Å²) in [5, 5.41) is 59.2. The van der Waals surface area contributed by atoms with Crippen LogP contribution in [0, 0.1) is 6.92 Å². The molecule has 0 saturated carbocycles. The molecule has 5 N–H and O–H groups in total. The van der Waals surface area contributed by atoms with Crippen molar-refractivity contribution in [2.45, 2.75) is 13.5 Å². The van der Waals surface area contributed by atoms with Crippen molar-refractivity contribution in [1.82, 2.24) is 19.9 Å². The van der Waals surface area contributed by atoms with Crippen molar-refractivity contribution in [2.75, 3.05) is 0 Å². The van der Waals surface area contributed by atoms with Gasteiger partial charge in [-0.3, -0.25) is 14.5 Å². The Morgan fingerprint density at radius 3 is 1.79 bits per heavy atom. The first kappa shape index (κ1) is 20.1. The molecule has 1 aliphatic rings. The van der Waals surface area contributed by atoms with E-state index in [1.54, 1.807) is 43.3 Å². The quantitative estimate of drug-likeness (QED) is 0.179. The molecule has 33 heavy (non-hydrogen) atoms. The van der Waals surface area contributed by atoms with Crippen molar-refractivity contribution < 1.29 is 35.1 Å². The van der Waals surface area contributed by atoms with Gasteiger partial charge >= 0.3 is 0 Å². The third kappa shape index (κ3) is 2.82. The van der Waals surface area contributed by atoms with E-state index in [1.807, 2.05) is 0 Å². The SMILES string of the molecule is Cc1cc(CN2C(=O)c3c(O)c(O)c(O)c(O)c3C2=O)c(O)c(-n2nc3ccccc3n2)c1. The Bertz CT molecular complexity index is 1430. The number of hydrogen-bond donors (Lipinski definition) is 5. The van der Waals surface area contributed by atoms with Crippen LogP contribution in [-0.2, 0) is 6.54 Å². The molecule has 5 rings (SSSR count). The van der Waals surface area contributed by atoms with Crippen LogP contribution in [-0.4, -0.2) is 57.2 Å². The van der Waals surface area contributed by atoms with Gasteiger partial charge < -0.3 is 25.5 Å². The van der Waals surface area contributed by atoms with E-state index in [0.717, 1.165) is 0 Å². The van der Waals surface area contributed by atoms with Gasteiger partial charge in [0.1, 0.15) is 33.6 Å². The molecular weight excluding hydrogens is 432 g/mol. The van der Waals surface area contributed by atoms with Crippen molar-refractivity contribution in [1.29, 1.82) is 0 Å². The van der Waals surface area contributed by atoms with Gasteiger partial charge in [0.25, 0.3) is 11.8 Å². The highest BCUT2D eigenvalue weighted by molar-refractivity contribution is 6.24. The van der Waals surface area contributed by atoms with Gasteiger partial charge in [0.15, 0.2) is 11.5 Å². The summed E-state index contributed by atoms with van der Waals surface area (Å²) in [6, 6.07) is 10.3. The molecule has 0 unspecified atom stereocenters. The first-order valence-electron chi connectivity index (χ1n) is 9.70. The molecule has 0 saturated heterocycles. The Morgan fingerprint density at radius 2 is 1.27 bits per heavy atom. The number of imide groups is 1. The second-order valence-corrected chi connectivity index (χ2v) is 7.61. The molecule has 0 spiro atoms. The number of aryl methyl sites for hydroxylation is 1. The maximum Gasteiger partial charge on any atom is 0.265 e. The van der Waals surface area contributed by atoms with Crippen molar-refractivity contribution in [3.63, 3.8) is 0 Å². The highest BCUT2D eigenvalue weighted by atomic mass is 16.3. The number of hydrogen-bond acceptors (Lipinski definition) is 9. The van der Waals surface area contributed by atoms with Crippen LogP contribution in [0.3, 0.4) is 0 Å². The van der Waals surface area contributed by atoms with Gasteiger partial charge in [0.2, 0.25) is 11.5 Å². The van der Waals surface area contributed by atoms with Crippen molar-refractivity contribution in [3.8, 4) is 34.4 Å². The molecule has 2 amide bonds. The monoisotopic (exact) mass is 448 g/mol. The zero-order valence-electron chi connectivity index (χ0n) is 17.0. The number of amides is 2. The van der Waals surface area contributed by atoms with Gasteiger partial charge in [-0.05, 0) is 30.7 Å². The first-order valence-corrected chi connectivity index (χ1v) is 9.70. The second-order valence-electron chi connectivity index (χ2n) is 7.61. The van der Waals surface area contributed by atoms with E-state index in [9.17, 15) is 35.1 Å². The average molecular weight is 448 g/mol. The zero-order valence-corrected chi connectivity index (χ0v) is 17.0. The molecule has 2 heterocycles. The van der Waals surface area contributed by atoms with Gasteiger partial charge in [-0.2, -0.15) is 0 Å². The fourth-order valence-corrected chi connectivity index (χ4v) is 3.86. The third-order valence-electron chi connectivity index (χ3n) is 5.46. The van der Waals surface area contributed by atoms with Crippen LogP contribution < -0.4 is 0 Å². The van der Waals surface area contributed by atoms with Crippen molar-refractivity contribution in [2.24, 2.45) is 0 Å². The van der Waals surface area contributed by atoms with Crippen LogP contribution in [0.15, 0.2) is 36.4 Å². The molecule has 3 aromatic carbocycles. The highest BCUT2D eigenvalue weighted by Crippen LogP contribution is 2.50. The lowest BCUT2D eigenvalue weighted by molar-refractivity contribution is 0.0640. The minimum atomic E-state index is -1.12. The van der Waals surface area contributed by atoms with Crippen LogP contribution >= 0.6 is 0 Å². The van der Waals surface area contributed by atoms with Crippen LogP contribution in [0.4, 0.5) is 0 Å². The van der Waals surface area contributed by atoms with Crippen LogP contribution in [0.25, 0.3) is 16.7 Å². The molecule has 11 heteroatoms. The predicted molar refractivity (Wildman–Crippen MR) is 113 cm³/mol. The smallest absolute Gasteiger partial charge is 0.265 e. The van der Waals surface area contributed by atoms with E-state index in [1.165, 1.54) is 4.80 Å². The van der Waals surface area contributed by atoms with Gasteiger partial charge in [0.05, 0.1) is 6.54 Å². The number of aromatic hydroxyl groups is 5. The number of benzene rings is 3. The van der Waals surface area contributed by atoms with Gasteiger partial charge in [-0.15, -0.1) is 15.0 Å². The van der Waals surface area contributed by atoms with Gasteiger partial charge in [0, 0.05) is 5.56 Å². The van der Waals surface area contributed by atoms with E-state index in [0.29, 0.717) is 21.5 Å². The lowest BCUT2D eigenvalue weighted by atomic mass is 10.1. The standard InChI is InChI=1S/C22H16N4O7/c1-9-6-10(16(27)13(7-9)26-23-11-4-2-3-5-12(11)24-26)8-25-21(32)14-15(22(25)33)18(29)20(31)19(30)17(14)28/h2-7,27-31H,8H2,1H3. The molecule has 166 valence electrons. The Morgan fingerprint density at radius 1 is 0.758 bits per heavy atom. The zero-order chi connectivity index (χ0) is 23.6. The highest BCUT2D eigenvalue weighted by Gasteiger charge is 2.43. The topological polar surface area (TPSA) is 169 Å². The molecule has 1 aliphatic heterocycles. The number of aromatic nitrogens is 3. The number of phenols is 5. The van der Waals surface area contributed by atoms with Gasteiger partial charge in [-0.25, -0.2) is 0 Å². The molecule has 0 atom stereocenters. The van der Waals surface area contributed by atoms with Crippen molar-refractivity contribution in [3.05, 3.63) is 58.7 Å². The Hall–Kier alpha value is -4.80. The minimum Gasteiger partial charge on any atom is -0.505 e. The summed E-state index contributed by atoms with van der Waals surface area (Å²) < 4.78 is 0. The molecule has 0 fully saturated rings. The lowest BCUT2D eigenvalue weighted by Gasteiger charge is -2.17. The maximum absolute atomic E-state index is 12.8. The number of fused-ring (bicyclic) bond motifs is 2. The minimum absolute atomic E-state index is 0.174. The number of phenolic OH excluding ortho intramolecular Hbond substituents is 5. The van der Waals surface area contributed by atoms with E-state index in [-0.39, 0.29) is 17.0 Å². The van der Waals surface area contributed by atoms with Crippen LogP contribution in [0.1, 0.15) is 31.8 Å². The fourth-order valence-electron chi connectivity index (χ4n) is 3.86. The van der Waals surface area contributed by atoms with E-state index in [2.05, 4.69) is 10.2 Å². The number of carbonyl (C=O) groups is 2. The molecule has 0 aliphatic carbocycles. The summed E-state index contributed by atoms with van der Waals surface area (Å²) in [6.07, 6.45) is 0. The number of rotatable bonds is 3. The maximum atomic E-state index is 12.8. The first-order chi connectivity index (χ1) is 15.7. The molecule has 11 nitrogen and oxygen atoms in total. The Labute approximate surface area is 185 Å². The summed E-state index contributed by atoms with van der Waals surface area (Å²) in [5.41, 5.74) is 1.00. The Balaban J connectivity index is 1.58. The number of carbonyl (C=O) groups excluding carboxylic acids is 2. The van der Waals surface area contributed by atoms with E-state index >= 15 is 0 Å². The molecular formula is C22H16N4O7. The lowest BCUT2D eigenvalue weighted by Crippen LogP contribution is -2.29. The molecule has 4 aromatic rings. The third-order valence-corrected chi connectivity index (χ3v) is 5.46. The molecule has 0 radical (unpaired) electrons. The second kappa shape index (κ2) is 6.85. The summed E-state index contributed by atoms with van der Waals surface area (Å²) in [7, 11) is 0. The summed E-state index contributed by atoms with van der Waals surface area (Å²) in [4.78, 5) is 27.6. The average Bonchev–Trinajstić information content (AvgIpc) is 3.32. The number of nitrogens with zero attached hydrogens (tertiary/aromatic N) is 4. The summed E-state index contributed by atoms with van der Waals surface area (Å²) in [6.45, 7) is 1.32. The summed E-state index contributed by atoms with van der Waals surface area (Å²) in [5.74, 6) is -6.59. The van der Waals surface area contributed by atoms with E-state index in [4.69, 9.17) is 0 Å². The summed E-state index contributed by atoms with van der Waals surface area (Å²) >= 11 is 0. The molecule has 1 aromatic heterocycles.